The molecule has 7 heteroatoms. The molecule has 2 unspecified atom stereocenters. The van der Waals surface area contributed by atoms with Gasteiger partial charge in [-0.3, -0.25) is 19.6 Å². The maximum atomic E-state index is 12.4. The van der Waals surface area contributed by atoms with E-state index in [0.717, 1.165) is 42.8 Å². The highest BCUT2D eigenvalue weighted by atomic mass is 16.2. The van der Waals surface area contributed by atoms with Crippen molar-refractivity contribution in [2.45, 2.75) is 38.0 Å². The van der Waals surface area contributed by atoms with Crippen molar-refractivity contribution in [1.82, 2.24) is 20.4 Å². The van der Waals surface area contributed by atoms with Gasteiger partial charge in [-0.05, 0) is 38.3 Å². The van der Waals surface area contributed by atoms with Crippen LogP contribution in [0.1, 0.15) is 43.7 Å². The van der Waals surface area contributed by atoms with Crippen LogP contribution in [0.4, 0.5) is 5.69 Å². The molecule has 1 aromatic carbocycles. The molecule has 7 nitrogen and oxygen atoms in total. The normalized spacial score (nSPS) is 28.3. The highest BCUT2D eigenvalue weighted by Crippen LogP contribution is 2.41. The Labute approximate surface area is 164 Å². The summed E-state index contributed by atoms with van der Waals surface area (Å²) in [6.45, 7) is 4.36. The Morgan fingerprint density at radius 3 is 2.93 bits per heavy atom. The van der Waals surface area contributed by atoms with Crippen LogP contribution in [0.3, 0.4) is 0 Å². The topological polar surface area (TPSA) is 79.3 Å². The molecular weight excluding hydrogens is 354 g/mol. The quantitative estimate of drug-likeness (QED) is 0.774. The number of imide groups is 1. The van der Waals surface area contributed by atoms with Gasteiger partial charge in [-0.25, -0.2) is 0 Å². The largest absolute Gasteiger partial charge is 0.369 e. The van der Waals surface area contributed by atoms with Gasteiger partial charge in [0.2, 0.25) is 11.8 Å². The van der Waals surface area contributed by atoms with Gasteiger partial charge in [0.05, 0.1) is 22.8 Å². The molecule has 0 aliphatic carbocycles. The first-order chi connectivity index (χ1) is 13.6. The average molecular weight is 381 g/mol. The number of rotatable bonds is 2. The number of piperidine rings is 2. The second-order valence-corrected chi connectivity index (χ2v) is 8.64. The second-order valence-electron chi connectivity index (χ2n) is 8.64. The summed E-state index contributed by atoms with van der Waals surface area (Å²) in [5, 5.41) is 11.8. The van der Waals surface area contributed by atoms with Gasteiger partial charge in [-0.1, -0.05) is 12.1 Å². The van der Waals surface area contributed by atoms with Crippen molar-refractivity contribution in [2.24, 2.45) is 12.5 Å². The number of aryl methyl sites for hydroxylation is 1. The fourth-order valence-electron chi connectivity index (χ4n) is 5.33. The maximum Gasteiger partial charge on any atom is 0.235 e. The summed E-state index contributed by atoms with van der Waals surface area (Å²) >= 11 is 0. The highest BCUT2D eigenvalue weighted by molar-refractivity contribution is 6.03. The summed E-state index contributed by atoms with van der Waals surface area (Å²) in [7, 11) is 1.95. The van der Waals surface area contributed by atoms with Crippen molar-refractivity contribution < 1.29 is 9.59 Å². The molecule has 2 amide bonds. The highest BCUT2D eigenvalue weighted by Gasteiger charge is 2.40. The van der Waals surface area contributed by atoms with Crippen LogP contribution in [0.2, 0.25) is 0 Å². The monoisotopic (exact) mass is 381 g/mol. The van der Waals surface area contributed by atoms with Crippen LogP contribution in [0.5, 0.6) is 0 Å². The number of carbonyl (C=O) groups excluding carboxylic acids is 2. The van der Waals surface area contributed by atoms with Crippen molar-refractivity contribution in [1.29, 1.82) is 0 Å². The maximum absolute atomic E-state index is 12.4. The van der Waals surface area contributed by atoms with Gasteiger partial charge in [0.1, 0.15) is 0 Å². The Morgan fingerprint density at radius 2 is 2.14 bits per heavy atom. The van der Waals surface area contributed by atoms with E-state index < -0.39 is 0 Å². The molecule has 2 N–H and O–H groups in total. The molecule has 148 valence electrons. The number of hydrogen-bond donors (Lipinski definition) is 2. The zero-order chi connectivity index (χ0) is 19.3. The minimum absolute atomic E-state index is 0.189. The molecule has 5 rings (SSSR count). The van der Waals surface area contributed by atoms with Gasteiger partial charge in [0, 0.05) is 43.9 Å². The van der Waals surface area contributed by atoms with E-state index in [1.807, 2.05) is 11.7 Å². The predicted octanol–water partition coefficient (Wildman–Crippen LogP) is 1.67. The van der Waals surface area contributed by atoms with Crippen LogP contribution in [0.25, 0.3) is 10.9 Å². The molecule has 0 bridgehead atoms. The summed E-state index contributed by atoms with van der Waals surface area (Å²) in [5.74, 6) is -0.773. The number of fused-ring (bicyclic) bond motifs is 1. The Balaban J connectivity index is 1.51. The third-order valence-corrected chi connectivity index (χ3v) is 6.78. The number of carbonyl (C=O) groups is 2. The zero-order valence-corrected chi connectivity index (χ0v) is 16.3. The SMILES string of the molecule is Cn1nc(C2CCC(=O)NC2=O)c2cccc(N3CCC4(CCCNC4)C3)c21. The number of anilines is 1. The first kappa shape index (κ1) is 17.7. The van der Waals surface area contributed by atoms with Crippen LogP contribution in [0.15, 0.2) is 18.2 Å². The molecule has 3 aliphatic heterocycles. The lowest BCUT2D eigenvalue weighted by atomic mass is 9.80. The Bertz CT molecular complexity index is 944. The molecule has 3 saturated heterocycles. The molecule has 3 fully saturated rings. The lowest BCUT2D eigenvalue weighted by Gasteiger charge is -2.34. The van der Waals surface area contributed by atoms with Crippen LogP contribution in [-0.2, 0) is 16.6 Å². The molecule has 3 aliphatic rings. The fraction of sp³-hybridized carbons (Fsp3) is 0.571. The second kappa shape index (κ2) is 6.58. The molecule has 0 saturated carbocycles. The molecule has 4 heterocycles. The van der Waals surface area contributed by atoms with Crippen LogP contribution < -0.4 is 15.5 Å². The van der Waals surface area contributed by atoms with Crippen molar-refractivity contribution in [3.8, 4) is 0 Å². The van der Waals surface area contributed by atoms with E-state index >= 15 is 0 Å². The Morgan fingerprint density at radius 1 is 1.25 bits per heavy atom. The fourth-order valence-corrected chi connectivity index (χ4v) is 5.33. The number of aromatic nitrogens is 2. The minimum Gasteiger partial charge on any atom is -0.369 e. The zero-order valence-electron chi connectivity index (χ0n) is 16.3. The molecule has 2 atom stereocenters. The van der Waals surface area contributed by atoms with E-state index in [0.29, 0.717) is 18.3 Å². The smallest absolute Gasteiger partial charge is 0.235 e. The average Bonchev–Trinajstić information content (AvgIpc) is 3.24. The molecule has 28 heavy (non-hydrogen) atoms. The summed E-state index contributed by atoms with van der Waals surface area (Å²) in [6, 6.07) is 6.30. The summed E-state index contributed by atoms with van der Waals surface area (Å²) in [6.07, 6.45) is 4.66. The molecule has 2 aromatic rings. The number of para-hydroxylation sites is 1. The number of hydrogen-bond acceptors (Lipinski definition) is 5. The summed E-state index contributed by atoms with van der Waals surface area (Å²) in [5.41, 5.74) is 3.46. The number of benzene rings is 1. The van der Waals surface area contributed by atoms with Gasteiger partial charge in [0.25, 0.3) is 0 Å². The molecule has 0 radical (unpaired) electrons. The number of nitrogens with zero attached hydrogens (tertiary/aromatic N) is 3. The Hall–Kier alpha value is -2.41. The van der Waals surface area contributed by atoms with Gasteiger partial charge in [-0.2, -0.15) is 5.10 Å². The molecule has 1 spiro atoms. The predicted molar refractivity (Wildman–Crippen MR) is 107 cm³/mol. The van der Waals surface area contributed by atoms with E-state index in [-0.39, 0.29) is 17.7 Å². The third kappa shape index (κ3) is 2.80. The van der Waals surface area contributed by atoms with Crippen LogP contribution >= 0.6 is 0 Å². The summed E-state index contributed by atoms with van der Waals surface area (Å²) < 4.78 is 1.91. The van der Waals surface area contributed by atoms with Crippen molar-refractivity contribution in [2.75, 3.05) is 31.1 Å². The first-order valence-corrected chi connectivity index (χ1v) is 10.3. The number of amides is 2. The van der Waals surface area contributed by atoms with E-state index in [1.54, 1.807) is 0 Å². The third-order valence-electron chi connectivity index (χ3n) is 6.78. The van der Waals surface area contributed by atoms with Gasteiger partial charge in [0.15, 0.2) is 0 Å². The van der Waals surface area contributed by atoms with Gasteiger partial charge >= 0.3 is 0 Å². The van der Waals surface area contributed by atoms with Crippen molar-refractivity contribution in [3.63, 3.8) is 0 Å². The molecule has 1 aromatic heterocycles. The minimum atomic E-state index is -0.357. The van der Waals surface area contributed by atoms with Crippen LogP contribution in [-0.4, -0.2) is 47.8 Å². The van der Waals surface area contributed by atoms with E-state index in [1.165, 1.54) is 24.9 Å². The summed E-state index contributed by atoms with van der Waals surface area (Å²) in [4.78, 5) is 26.4. The lowest BCUT2D eigenvalue weighted by molar-refractivity contribution is -0.134. The first-order valence-electron chi connectivity index (χ1n) is 10.3. The van der Waals surface area contributed by atoms with Crippen LogP contribution in [0, 0.1) is 5.41 Å². The molecular formula is C21H27N5O2. The van der Waals surface area contributed by atoms with E-state index in [9.17, 15) is 9.59 Å². The van der Waals surface area contributed by atoms with Crippen molar-refractivity contribution >= 4 is 28.4 Å². The number of nitrogens with one attached hydrogen (secondary N) is 2. The lowest BCUT2D eigenvalue weighted by Crippen LogP contribution is -2.41. The Kier molecular flexibility index (Phi) is 4.16. The van der Waals surface area contributed by atoms with Gasteiger partial charge < -0.3 is 10.2 Å². The van der Waals surface area contributed by atoms with E-state index in [4.69, 9.17) is 5.10 Å². The van der Waals surface area contributed by atoms with Crippen molar-refractivity contribution in [3.05, 3.63) is 23.9 Å². The van der Waals surface area contributed by atoms with E-state index in [2.05, 4.69) is 33.7 Å². The van der Waals surface area contributed by atoms with Gasteiger partial charge in [-0.15, -0.1) is 0 Å². The standard InChI is InChI=1S/C21H27N5O2/c1-25-19-14(18(24-25)15-6-7-17(27)23-20(15)28)4-2-5-16(19)26-11-9-21(13-26)8-3-10-22-12-21/h2,4-5,15,22H,3,6-13H2,1H3,(H,23,27,28).